The van der Waals surface area contributed by atoms with Crippen LogP contribution in [-0.4, -0.2) is 0 Å². The zero-order valence-corrected chi connectivity index (χ0v) is 6.17. The lowest BCUT2D eigenvalue weighted by Gasteiger charge is -1.93. The van der Waals surface area contributed by atoms with Gasteiger partial charge in [0.25, 0.3) is 0 Å². The predicted molar refractivity (Wildman–Crippen MR) is 47.3 cm³/mol. The largest absolute Gasteiger partial charge is 0.112 e. The van der Waals surface area contributed by atoms with E-state index in [2.05, 4.69) is 30.5 Å². The topological polar surface area (TPSA) is 0 Å². The maximum absolute atomic E-state index is 3.84. The van der Waals surface area contributed by atoms with E-state index in [1.165, 1.54) is 5.22 Å². The van der Waals surface area contributed by atoms with E-state index >= 15 is 0 Å². The quantitative estimate of drug-likeness (QED) is 0.504. The van der Waals surface area contributed by atoms with E-state index in [0.29, 0.717) is 0 Å². The molecule has 0 radical (unpaired) electrons. The van der Waals surface area contributed by atoms with Gasteiger partial charge in [-0.1, -0.05) is 24.8 Å². The Hall–Kier alpha value is -1.52. The second-order valence-electron chi connectivity index (χ2n) is 2.60. The third-order valence-corrected chi connectivity index (χ3v) is 1.71. The van der Waals surface area contributed by atoms with Crippen LogP contribution in [0.4, 0.5) is 0 Å². The van der Waals surface area contributed by atoms with Gasteiger partial charge in [0.05, 0.1) is 0 Å². The molecule has 0 saturated carbocycles. The number of hydrogen-bond acceptors (Lipinski definition) is 0. The van der Waals surface area contributed by atoms with Gasteiger partial charge < -0.3 is 0 Å². The smallest absolute Gasteiger partial charge is 0.0237 e. The van der Waals surface area contributed by atoms with E-state index in [0.717, 1.165) is 10.8 Å². The van der Waals surface area contributed by atoms with Crippen molar-refractivity contribution < 1.29 is 0 Å². The molecule has 0 N–H and O–H groups in total. The molecule has 0 nitrogen and oxygen atoms in total. The normalized spacial score (nSPS) is 13.3. The number of rotatable bonds is 0. The van der Waals surface area contributed by atoms with Crippen LogP contribution in [0.3, 0.4) is 0 Å². The fourth-order valence-electron chi connectivity index (χ4n) is 1.17. The van der Waals surface area contributed by atoms with Gasteiger partial charge in [-0.25, -0.2) is 0 Å². The van der Waals surface area contributed by atoms with Crippen molar-refractivity contribution in [3.05, 3.63) is 52.9 Å². The zero-order valence-electron chi connectivity index (χ0n) is 6.17. The van der Waals surface area contributed by atoms with Gasteiger partial charge in [0, 0.05) is 5.22 Å². The minimum absolute atomic E-state index is 1.02. The van der Waals surface area contributed by atoms with Crippen LogP contribution in [0.15, 0.2) is 42.5 Å². The minimum atomic E-state index is 1.02. The fourth-order valence-corrected chi connectivity index (χ4v) is 1.17. The first-order valence-electron chi connectivity index (χ1n) is 3.59. The molecule has 1 aromatic rings. The highest BCUT2D eigenvalue weighted by atomic mass is 13.9. The van der Waals surface area contributed by atoms with Gasteiger partial charge in [0.2, 0.25) is 0 Å². The van der Waals surface area contributed by atoms with E-state index in [9.17, 15) is 0 Å². The Labute approximate surface area is 65.5 Å². The average Bonchev–Trinajstić information content (AvgIpc) is 2.04. The summed E-state index contributed by atoms with van der Waals surface area (Å²) >= 11 is 0. The van der Waals surface area contributed by atoms with Gasteiger partial charge >= 0.3 is 0 Å². The highest BCUT2D eigenvalue weighted by molar-refractivity contribution is 5.57. The van der Waals surface area contributed by atoms with Crippen molar-refractivity contribution in [2.45, 2.75) is 0 Å². The summed E-state index contributed by atoms with van der Waals surface area (Å²) in [5.74, 6) is 0. The molecule has 0 saturated heterocycles. The molecule has 0 spiro atoms. The molecular formula is C11H8. The van der Waals surface area contributed by atoms with Crippen LogP contribution in [-0.2, 0) is 0 Å². The standard InChI is InChI=1S/C11H8/c1-9-6-7-10-4-2-3-5-11(10)8-9/h2-6,8H,1H2. The van der Waals surface area contributed by atoms with E-state index in [4.69, 9.17) is 0 Å². The highest BCUT2D eigenvalue weighted by Crippen LogP contribution is 1.93. The molecule has 0 atom stereocenters. The van der Waals surface area contributed by atoms with Crippen LogP contribution in [0.25, 0.3) is 11.8 Å². The molecule has 1 aliphatic carbocycles. The first-order chi connectivity index (χ1) is 5.36. The van der Waals surface area contributed by atoms with Gasteiger partial charge in [-0.05, 0) is 29.0 Å². The molecule has 0 aromatic heterocycles. The Bertz CT molecular complexity index is 443. The molecule has 0 bridgehead atoms. The van der Waals surface area contributed by atoms with Crippen LogP contribution in [0.2, 0.25) is 0 Å². The van der Waals surface area contributed by atoms with Crippen LogP contribution in [0.5, 0.6) is 0 Å². The Kier molecular flexibility index (Phi) is 1.28. The second kappa shape index (κ2) is 2.26. The molecule has 0 fully saturated rings. The summed E-state index contributed by atoms with van der Waals surface area (Å²) in [5.41, 5.74) is 4.17. The summed E-state index contributed by atoms with van der Waals surface area (Å²) in [6.07, 6.45) is 3.97. The van der Waals surface area contributed by atoms with Crippen LogP contribution < -0.4 is 10.4 Å². The molecule has 0 heterocycles. The van der Waals surface area contributed by atoms with E-state index in [1.54, 1.807) is 0 Å². The molecule has 11 heavy (non-hydrogen) atoms. The van der Waals surface area contributed by atoms with Gasteiger partial charge in [-0.2, -0.15) is 0 Å². The molecule has 1 aliphatic rings. The van der Waals surface area contributed by atoms with Crippen LogP contribution >= 0.6 is 0 Å². The van der Waals surface area contributed by atoms with E-state index in [1.807, 2.05) is 18.2 Å². The van der Waals surface area contributed by atoms with Crippen molar-refractivity contribution >= 4 is 11.8 Å². The predicted octanol–water partition coefficient (Wildman–Crippen LogP) is 0.972. The number of benzene rings is 1. The van der Waals surface area contributed by atoms with Gasteiger partial charge in [-0.3, -0.25) is 0 Å². The molecule has 1 aromatic carbocycles. The Balaban J connectivity index is 2.99. The lowest BCUT2D eigenvalue weighted by molar-refractivity contribution is 1.50. The van der Waals surface area contributed by atoms with Crippen molar-refractivity contribution in [1.82, 2.24) is 0 Å². The number of hydrogen-bond donors (Lipinski definition) is 0. The van der Waals surface area contributed by atoms with E-state index < -0.39 is 0 Å². The summed E-state index contributed by atoms with van der Waals surface area (Å²) in [7, 11) is 0. The molecule has 0 unspecified atom stereocenters. The lowest BCUT2D eigenvalue weighted by Crippen LogP contribution is -2.23. The van der Waals surface area contributed by atoms with Crippen molar-refractivity contribution in [3.63, 3.8) is 0 Å². The van der Waals surface area contributed by atoms with Gasteiger partial charge in [0.1, 0.15) is 0 Å². The van der Waals surface area contributed by atoms with Gasteiger partial charge in [-0.15, -0.1) is 5.73 Å². The molecule has 2 rings (SSSR count). The van der Waals surface area contributed by atoms with Gasteiger partial charge in [0.15, 0.2) is 0 Å². The highest BCUT2D eigenvalue weighted by Gasteiger charge is 1.88. The van der Waals surface area contributed by atoms with Crippen LogP contribution in [0.1, 0.15) is 0 Å². The molecular weight excluding hydrogens is 132 g/mol. The first-order valence-corrected chi connectivity index (χ1v) is 3.59. The van der Waals surface area contributed by atoms with Crippen molar-refractivity contribution in [3.8, 4) is 0 Å². The average molecular weight is 140 g/mol. The summed E-state index contributed by atoms with van der Waals surface area (Å²) < 4.78 is 0. The Morgan fingerprint density at radius 3 is 2.91 bits per heavy atom. The Morgan fingerprint density at radius 2 is 2.00 bits per heavy atom. The fraction of sp³-hybridized carbons (Fsp3) is 0. The summed E-state index contributed by atoms with van der Waals surface area (Å²) in [6.45, 7) is 3.84. The third-order valence-electron chi connectivity index (χ3n) is 1.71. The Morgan fingerprint density at radius 1 is 1.18 bits per heavy atom. The summed E-state index contributed by atoms with van der Waals surface area (Å²) in [6, 6.07) is 8.16. The summed E-state index contributed by atoms with van der Waals surface area (Å²) in [5, 5.41) is 2.36. The molecule has 0 heteroatoms. The third kappa shape index (κ3) is 1.04. The summed E-state index contributed by atoms with van der Waals surface area (Å²) in [4.78, 5) is 0. The number of fused-ring (bicyclic) bond motifs is 1. The SMILES string of the molecule is C=C1C=C=c2ccccc2=C1. The molecule has 0 amide bonds. The maximum atomic E-state index is 3.84. The van der Waals surface area contributed by atoms with Crippen molar-refractivity contribution in [2.24, 2.45) is 0 Å². The van der Waals surface area contributed by atoms with Crippen molar-refractivity contribution in [1.29, 1.82) is 0 Å². The van der Waals surface area contributed by atoms with Crippen molar-refractivity contribution in [2.75, 3.05) is 0 Å². The number of allylic oxidation sites excluding steroid dienone is 2. The minimum Gasteiger partial charge on any atom is -0.112 e. The van der Waals surface area contributed by atoms with Crippen LogP contribution in [0, 0.1) is 0 Å². The van der Waals surface area contributed by atoms with E-state index in [-0.39, 0.29) is 0 Å². The zero-order chi connectivity index (χ0) is 7.68. The second-order valence-corrected chi connectivity index (χ2v) is 2.60. The molecule has 52 valence electrons. The lowest BCUT2D eigenvalue weighted by atomic mass is 10.1. The maximum Gasteiger partial charge on any atom is 0.0237 e. The monoisotopic (exact) mass is 140 g/mol. The first kappa shape index (κ1) is 6.21. The molecule has 0 aliphatic heterocycles.